The van der Waals surface area contributed by atoms with Gasteiger partial charge in [0.2, 0.25) is 5.78 Å². The summed E-state index contributed by atoms with van der Waals surface area (Å²) in [5, 5.41) is 9.71. The first-order chi connectivity index (χ1) is 8.97. The van der Waals surface area contributed by atoms with Gasteiger partial charge in [0.1, 0.15) is 11.5 Å². The Labute approximate surface area is 109 Å². The summed E-state index contributed by atoms with van der Waals surface area (Å²) in [4.78, 5) is 35.7. The van der Waals surface area contributed by atoms with E-state index < -0.39 is 11.6 Å². The van der Waals surface area contributed by atoms with Crippen molar-refractivity contribution in [1.82, 2.24) is 0 Å². The number of hydrogen-bond donors (Lipinski definition) is 1. The highest BCUT2D eigenvalue weighted by Gasteiger charge is 2.35. The standard InChI is InChI=1S/C14H12O5/c1-7(15)6-9-12(17)8-4-3-5-10(16)11(8)13(18)14(9)19-2/h3-5,16H,6H2,1-2H3. The summed E-state index contributed by atoms with van der Waals surface area (Å²) in [7, 11) is 1.26. The molecule has 0 aliphatic heterocycles. The third kappa shape index (κ3) is 2.03. The summed E-state index contributed by atoms with van der Waals surface area (Å²) in [6, 6.07) is 4.25. The van der Waals surface area contributed by atoms with Gasteiger partial charge in [-0.05, 0) is 13.0 Å². The summed E-state index contributed by atoms with van der Waals surface area (Å²) in [5.74, 6) is -1.72. The lowest BCUT2D eigenvalue weighted by Gasteiger charge is -2.20. The number of methoxy groups -OCH3 is 1. The molecule has 0 aromatic heterocycles. The molecule has 0 atom stereocenters. The van der Waals surface area contributed by atoms with Crippen molar-refractivity contribution >= 4 is 17.3 Å². The van der Waals surface area contributed by atoms with Crippen LogP contribution >= 0.6 is 0 Å². The highest BCUT2D eigenvalue weighted by Crippen LogP contribution is 2.33. The van der Waals surface area contributed by atoms with E-state index in [0.717, 1.165) is 0 Å². The number of allylic oxidation sites excluding steroid dienone is 2. The van der Waals surface area contributed by atoms with E-state index in [4.69, 9.17) is 4.74 Å². The molecule has 1 N–H and O–H groups in total. The van der Waals surface area contributed by atoms with Gasteiger partial charge in [0, 0.05) is 12.0 Å². The summed E-state index contributed by atoms with van der Waals surface area (Å²) in [5.41, 5.74) is 0.0665. The molecular weight excluding hydrogens is 248 g/mol. The number of carbonyl (C=O) groups is 3. The maximum atomic E-state index is 12.3. The van der Waals surface area contributed by atoms with E-state index in [1.54, 1.807) is 0 Å². The third-order valence-corrected chi connectivity index (χ3v) is 2.90. The van der Waals surface area contributed by atoms with E-state index in [1.807, 2.05) is 0 Å². The van der Waals surface area contributed by atoms with Crippen molar-refractivity contribution in [3.8, 4) is 5.75 Å². The number of fused-ring (bicyclic) bond motifs is 1. The van der Waals surface area contributed by atoms with E-state index >= 15 is 0 Å². The quantitative estimate of drug-likeness (QED) is 0.893. The maximum absolute atomic E-state index is 12.3. The Morgan fingerprint density at radius 2 is 1.95 bits per heavy atom. The Kier molecular flexibility index (Phi) is 3.21. The molecule has 1 aromatic carbocycles. The maximum Gasteiger partial charge on any atom is 0.232 e. The van der Waals surface area contributed by atoms with Gasteiger partial charge in [0.25, 0.3) is 0 Å². The van der Waals surface area contributed by atoms with Crippen LogP contribution in [0.4, 0.5) is 0 Å². The number of phenolic OH excluding ortho intramolecular Hbond substituents is 1. The van der Waals surface area contributed by atoms with Gasteiger partial charge in [0.15, 0.2) is 11.5 Å². The van der Waals surface area contributed by atoms with Crippen molar-refractivity contribution in [2.24, 2.45) is 0 Å². The van der Waals surface area contributed by atoms with Gasteiger partial charge in [-0.25, -0.2) is 0 Å². The molecule has 0 saturated heterocycles. The predicted octanol–water partition coefficient (Wildman–Crippen LogP) is 1.65. The van der Waals surface area contributed by atoms with E-state index in [2.05, 4.69) is 0 Å². The fraction of sp³-hybridized carbons (Fsp3) is 0.214. The van der Waals surface area contributed by atoms with Crippen LogP contribution in [0.1, 0.15) is 34.1 Å². The lowest BCUT2D eigenvalue weighted by atomic mass is 9.85. The van der Waals surface area contributed by atoms with Crippen LogP contribution in [-0.2, 0) is 9.53 Å². The van der Waals surface area contributed by atoms with Crippen molar-refractivity contribution in [3.05, 3.63) is 40.7 Å². The van der Waals surface area contributed by atoms with Crippen LogP contribution in [0.15, 0.2) is 29.5 Å². The van der Waals surface area contributed by atoms with Gasteiger partial charge in [-0.3, -0.25) is 14.4 Å². The molecule has 1 aliphatic carbocycles. The van der Waals surface area contributed by atoms with Crippen molar-refractivity contribution in [2.75, 3.05) is 7.11 Å². The summed E-state index contributed by atoms with van der Waals surface area (Å²) >= 11 is 0. The number of aromatic hydroxyl groups is 1. The first kappa shape index (κ1) is 13.0. The summed E-state index contributed by atoms with van der Waals surface area (Å²) < 4.78 is 4.95. The van der Waals surface area contributed by atoms with Crippen molar-refractivity contribution in [3.63, 3.8) is 0 Å². The Bertz CT molecular complexity index is 625. The third-order valence-electron chi connectivity index (χ3n) is 2.90. The zero-order valence-electron chi connectivity index (χ0n) is 10.5. The van der Waals surface area contributed by atoms with Crippen molar-refractivity contribution in [2.45, 2.75) is 13.3 Å². The van der Waals surface area contributed by atoms with Gasteiger partial charge >= 0.3 is 0 Å². The summed E-state index contributed by atoms with van der Waals surface area (Å²) in [6.07, 6.45) is -0.164. The van der Waals surface area contributed by atoms with Crippen molar-refractivity contribution in [1.29, 1.82) is 0 Å². The van der Waals surface area contributed by atoms with E-state index in [-0.39, 0.29) is 40.4 Å². The fourth-order valence-corrected chi connectivity index (χ4v) is 2.11. The topological polar surface area (TPSA) is 80.7 Å². The van der Waals surface area contributed by atoms with E-state index in [9.17, 15) is 19.5 Å². The van der Waals surface area contributed by atoms with Crippen LogP contribution in [0.3, 0.4) is 0 Å². The molecule has 1 aliphatic rings. The van der Waals surface area contributed by atoms with Gasteiger partial charge in [-0.15, -0.1) is 0 Å². The smallest absolute Gasteiger partial charge is 0.232 e. The second kappa shape index (κ2) is 4.68. The predicted molar refractivity (Wildman–Crippen MR) is 66.1 cm³/mol. The Hall–Kier alpha value is -2.43. The van der Waals surface area contributed by atoms with Crippen LogP contribution in [0.5, 0.6) is 5.75 Å². The number of hydrogen-bond acceptors (Lipinski definition) is 5. The van der Waals surface area contributed by atoms with Crippen LogP contribution < -0.4 is 0 Å². The molecule has 0 bridgehead atoms. The molecule has 98 valence electrons. The average Bonchev–Trinajstić information content (AvgIpc) is 2.35. The van der Waals surface area contributed by atoms with Gasteiger partial charge in [0.05, 0.1) is 18.2 Å². The molecule has 5 heteroatoms. The second-order valence-corrected chi connectivity index (χ2v) is 4.25. The molecule has 19 heavy (non-hydrogen) atoms. The summed E-state index contributed by atoms with van der Waals surface area (Å²) in [6.45, 7) is 1.33. The minimum Gasteiger partial charge on any atom is -0.507 e. The number of phenols is 1. The molecule has 0 heterocycles. The zero-order valence-corrected chi connectivity index (χ0v) is 10.5. The van der Waals surface area contributed by atoms with Gasteiger partial charge in [-0.1, -0.05) is 12.1 Å². The molecule has 0 saturated carbocycles. The zero-order chi connectivity index (χ0) is 14.2. The van der Waals surface area contributed by atoms with Crippen LogP contribution in [0.2, 0.25) is 0 Å². The number of rotatable bonds is 3. The normalized spacial score (nSPS) is 14.4. The number of ketones is 3. The number of benzene rings is 1. The highest BCUT2D eigenvalue weighted by molar-refractivity contribution is 6.28. The Balaban J connectivity index is 2.67. The Morgan fingerprint density at radius 3 is 2.53 bits per heavy atom. The van der Waals surface area contributed by atoms with Gasteiger partial charge < -0.3 is 9.84 Å². The second-order valence-electron chi connectivity index (χ2n) is 4.25. The Morgan fingerprint density at radius 1 is 1.26 bits per heavy atom. The molecule has 0 amide bonds. The van der Waals surface area contributed by atoms with Crippen LogP contribution in [0.25, 0.3) is 0 Å². The molecule has 0 radical (unpaired) electrons. The van der Waals surface area contributed by atoms with Crippen LogP contribution in [0, 0.1) is 0 Å². The minimum absolute atomic E-state index is 0.0399. The highest BCUT2D eigenvalue weighted by atomic mass is 16.5. The first-order valence-corrected chi connectivity index (χ1v) is 5.65. The number of Topliss-reactive ketones (excluding diaryl/α,β-unsaturated/α-hetero) is 3. The fourth-order valence-electron chi connectivity index (χ4n) is 2.11. The molecular formula is C14H12O5. The largest absolute Gasteiger partial charge is 0.507 e. The minimum atomic E-state index is -0.577. The van der Waals surface area contributed by atoms with E-state index in [0.29, 0.717) is 0 Å². The lowest BCUT2D eigenvalue weighted by Crippen LogP contribution is -2.24. The molecule has 1 aromatic rings. The van der Waals surface area contributed by atoms with Crippen LogP contribution in [-0.4, -0.2) is 29.6 Å². The lowest BCUT2D eigenvalue weighted by molar-refractivity contribution is -0.116. The number of ether oxygens (including phenoxy) is 1. The molecule has 0 unspecified atom stereocenters. The SMILES string of the molecule is COC1=C(CC(C)=O)C(=O)c2cccc(O)c2C1=O. The van der Waals surface area contributed by atoms with Gasteiger partial charge in [-0.2, -0.15) is 0 Å². The average molecular weight is 260 g/mol. The molecule has 2 rings (SSSR count). The monoisotopic (exact) mass is 260 g/mol. The molecule has 0 fully saturated rings. The van der Waals surface area contributed by atoms with Crippen molar-refractivity contribution < 1.29 is 24.2 Å². The number of carbonyl (C=O) groups excluding carboxylic acids is 3. The first-order valence-electron chi connectivity index (χ1n) is 5.65. The van der Waals surface area contributed by atoms with E-state index in [1.165, 1.54) is 32.2 Å². The molecule has 5 nitrogen and oxygen atoms in total. The molecule has 0 spiro atoms.